The van der Waals surface area contributed by atoms with E-state index in [1.165, 1.54) is 34.4 Å². The van der Waals surface area contributed by atoms with E-state index in [9.17, 15) is 15.0 Å². The van der Waals surface area contributed by atoms with Crippen molar-refractivity contribution >= 4 is 33.2 Å². The number of aryl methyl sites for hydroxylation is 1. The van der Waals surface area contributed by atoms with Crippen molar-refractivity contribution in [2.75, 3.05) is 0 Å². The molecule has 7 heteroatoms. The maximum Gasteiger partial charge on any atom is 0.275 e. The third-order valence-electron chi connectivity index (χ3n) is 4.15. The molecule has 0 bridgehead atoms. The van der Waals surface area contributed by atoms with E-state index >= 15 is 0 Å². The number of hydrogen-bond donors (Lipinski definition) is 2. The van der Waals surface area contributed by atoms with Gasteiger partial charge in [0.1, 0.15) is 16.8 Å². The lowest BCUT2D eigenvalue weighted by Gasteiger charge is -2.12. The maximum atomic E-state index is 12.8. The van der Waals surface area contributed by atoms with Gasteiger partial charge in [-0.05, 0) is 43.0 Å². The van der Waals surface area contributed by atoms with E-state index in [0.29, 0.717) is 28.7 Å². The zero-order valence-electron chi connectivity index (χ0n) is 13.9. The first-order valence-electron chi connectivity index (χ1n) is 8.04. The molecule has 0 aliphatic carbocycles. The van der Waals surface area contributed by atoms with Gasteiger partial charge in [0.25, 0.3) is 5.56 Å². The van der Waals surface area contributed by atoms with Gasteiger partial charge >= 0.3 is 0 Å². The number of rotatable bonds is 5. The summed E-state index contributed by atoms with van der Waals surface area (Å²) in [4.78, 5) is 18.2. The first-order valence-corrected chi connectivity index (χ1v) is 9.23. The van der Waals surface area contributed by atoms with Crippen molar-refractivity contribution in [3.8, 4) is 11.4 Å². The van der Waals surface area contributed by atoms with Crippen LogP contribution in [0.4, 0.5) is 0 Å². The average Bonchev–Trinajstić information content (AvgIpc) is 2.99. The molecule has 3 rings (SSSR count). The normalized spacial score (nSPS) is 12.8. The molecule has 0 radical (unpaired) electrons. The van der Waals surface area contributed by atoms with Crippen LogP contribution in [0.1, 0.15) is 25.1 Å². The van der Waals surface area contributed by atoms with Gasteiger partial charge in [-0.3, -0.25) is 9.36 Å². The van der Waals surface area contributed by atoms with Crippen molar-refractivity contribution in [1.82, 2.24) is 9.55 Å². The van der Waals surface area contributed by atoms with E-state index in [1.807, 2.05) is 19.9 Å². The number of halogens is 1. The van der Waals surface area contributed by atoms with Crippen LogP contribution in [0.25, 0.3) is 15.9 Å². The smallest absolute Gasteiger partial charge is 0.275 e. The summed E-state index contributed by atoms with van der Waals surface area (Å²) in [5, 5.41) is 19.7. The molecular weight excluding hydrogens is 360 g/mol. The molecule has 0 aliphatic heterocycles. The first kappa shape index (κ1) is 17.9. The number of thiophene rings is 1. The molecule has 2 N–H and O–H groups in total. The van der Waals surface area contributed by atoms with Crippen molar-refractivity contribution in [2.45, 2.75) is 32.8 Å². The van der Waals surface area contributed by atoms with Gasteiger partial charge in [0, 0.05) is 4.88 Å². The van der Waals surface area contributed by atoms with E-state index < -0.39 is 0 Å². The van der Waals surface area contributed by atoms with Gasteiger partial charge in [0.05, 0.1) is 22.3 Å². The van der Waals surface area contributed by atoms with Crippen molar-refractivity contribution < 1.29 is 10.2 Å². The van der Waals surface area contributed by atoms with E-state index in [2.05, 4.69) is 4.98 Å². The highest BCUT2D eigenvalue weighted by Crippen LogP contribution is 2.26. The molecule has 1 unspecified atom stereocenters. The molecule has 3 aromatic rings. The van der Waals surface area contributed by atoms with E-state index in [-0.39, 0.29) is 28.4 Å². The molecule has 0 saturated carbocycles. The fraction of sp³-hybridized carbons (Fsp3) is 0.333. The molecule has 1 aromatic carbocycles. The summed E-state index contributed by atoms with van der Waals surface area (Å²) in [6, 6.07) is 6.49. The Morgan fingerprint density at radius 2 is 2.08 bits per heavy atom. The Bertz CT molecular complexity index is 965. The predicted molar refractivity (Wildman–Crippen MR) is 101 cm³/mol. The summed E-state index contributed by atoms with van der Waals surface area (Å²) < 4.78 is 1.98. The number of nitrogens with zero attached hydrogens (tertiary/aromatic N) is 2. The Kier molecular flexibility index (Phi) is 5.13. The molecule has 1 atom stereocenters. The number of aliphatic hydroxyl groups is 1. The Balaban J connectivity index is 1.94. The molecule has 0 fully saturated rings. The summed E-state index contributed by atoms with van der Waals surface area (Å²) in [5.74, 6) is 0.179. The summed E-state index contributed by atoms with van der Waals surface area (Å²) in [7, 11) is 0. The number of aromatic nitrogens is 2. The molecule has 0 aliphatic rings. The minimum atomic E-state index is -0.353. The predicted octanol–water partition coefficient (Wildman–Crippen LogP) is 3.76. The molecule has 0 spiro atoms. The van der Waals surface area contributed by atoms with Crippen molar-refractivity contribution in [2.24, 2.45) is 5.92 Å². The largest absolute Gasteiger partial charge is 0.506 e. The van der Waals surface area contributed by atoms with Crippen LogP contribution in [-0.2, 0) is 6.42 Å². The standard InChI is InChI=1S/C18H19ClN2O3S/c1-10(2)15(22)6-4-12-8-14-17(25-12)18(24)21(9-20-14)11-3-5-16(23)13(19)7-11/h3,5,7-10,15,22-23H,4,6H2,1-2H3. The highest BCUT2D eigenvalue weighted by Gasteiger charge is 2.14. The molecular formula is C18H19ClN2O3S. The Morgan fingerprint density at radius 3 is 2.76 bits per heavy atom. The number of phenolic OH excluding ortho intramolecular Hbond substituents is 1. The zero-order valence-corrected chi connectivity index (χ0v) is 15.5. The van der Waals surface area contributed by atoms with Gasteiger partial charge in [-0.2, -0.15) is 0 Å². The van der Waals surface area contributed by atoms with Crippen LogP contribution in [0.15, 0.2) is 35.4 Å². The van der Waals surface area contributed by atoms with Crippen molar-refractivity contribution in [1.29, 1.82) is 0 Å². The average molecular weight is 379 g/mol. The van der Waals surface area contributed by atoms with Gasteiger partial charge in [-0.1, -0.05) is 25.4 Å². The maximum absolute atomic E-state index is 12.8. The van der Waals surface area contributed by atoms with Gasteiger partial charge in [0.15, 0.2) is 0 Å². The van der Waals surface area contributed by atoms with E-state index in [1.54, 1.807) is 6.07 Å². The second-order valence-corrected chi connectivity index (χ2v) is 7.88. The van der Waals surface area contributed by atoms with Gasteiger partial charge in [-0.15, -0.1) is 11.3 Å². The molecule has 5 nitrogen and oxygen atoms in total. The Morgan fingerprint density at radius 1 is 1.32 bits per heavy atom. The fourth-order valence-corrected chi connectivity index (χ4v) is 3.77. The Hall–Kier alpha value is -1.89. The number of aliphatic hydroxyl groups excluding tert-OH is 1. The van der Waals surface area contributed by atoms with Gasteiger partial charge < -0.3 is 10.2 Å². The van der Waals surface area contributed by atoms with E-state index in [4.69, 9.17) is 11.6 Å². The van der Waals surface area contributed by atoms with Crippen molar-refractivity contribution in [3.63, 3.8) is 0 Å². The quantitative estimate of drug-likeness (QED) is 0.708. The Labute approximate surface area is 154 Å². The molecule has 2 aromatic heterocycles. The number of fused-ring (bicyclic) bond motifs is 1. The molecule has 0 saturated heterocycles. The zero-order chi connectivity index (χ0) is 18.1. The number of hydrogen-bond acceptors (Lipinski definition) is 5. The second-order valence-electron chi connectivity index (χ2n) is 6.33. The lowest BCUT2D eigenvalue weighted by molar-refractivity contribution is 0.117. The van der Waals surface area contributed by atoms with Crippen LogP contribution in [-0.4, -0.2) is 25.9 Å². The molecule has 25 heavy (non-hydrogen) atoms. The lowest BCUT2D eigenvalue weighted by atomic mass is 10.0. The third kappa shape index (κ3) is 3.71. The topological polar surface area (TPSA) is 75.3 Å². The molecule has 0 amide bonds. The van der Waals surface area contributed by atoms with Crippen LogP contribution in [0.5, 0.6) is 5.75 Å². The highest BCUT2D eigenvalue weighted by molar-refractivity contribution is 7.18. The summed E-state index contributed by atoms with van der Waals surface area (Å²) in [5.41, 5.74) is 1.03. The minimum Gasteiger partial charge on any atom is -0.506 e. The van der Waals surface area contributed by atoms with Crippen LogP contribution in [0, 0.1) is 5.92 Å². The SMILES string of the molecule is CC(C)C(O)CCc1cc2ncn(-c3ccc(O)c(Cl)c3)c(=O)c2s1. The fourth-order valence-electron chi connectivity index (χ4n) is 2.54. The van der Waals surface area contributed by atoms with Crippen LogP contribution >= 0.6 is 22.9 Å². The lowest BCUT2D eigenvalue weighted by Crippen LogP contribution is -2.17. The van der Waals surface area contributed by atoms with Gasteiger partial charge in [0.2, 0.25) is 0 Å². The number of benzene rings is 1. The highest BCUT2D eigenvalue weighted by atomic mass is 35.5. The van der Waals surface area contributed by atoms with Crippen LogP contribution in [0.2, 0.25) is 5.02 Å². The summed E-state index contributed by atoms with van der Waals surface area (Å²) >= 11 is 7.33. The monoisotopic (exact) mass is 378 g/mol. The minimum absolute atomic E-state index is 0.0328. The third-order valence-corrected chi connectivity index (χ3v) is 5.63. The molecule has 132 valence electrons. The molecule has 2 heterocycles. The summed E-state index contributed by atoms with van der Waals surface area (Å²) in [6.07, 6.45) is 2.48. The van der Waals surface area contributed by atoms with Crippen molar-refractivity contribution in [3.05, 3.63) is 50.8 Å². The van der Waals surface area contributed by atoms with Crippen LogP contribution < -0.4 is 5.56 Å². The first-order chi connectivity index (χ1) is 11.9. The number of phenols is 1. The van der Waals surface area contributed by atoms with Gasteiger partial charge in [-0.25, -0.2) is 4.98 Å². The second kappa shape index (κ2) is 7.15. The summed E-state index contributed by atoms with van der Waals surface area (Å²) in [6.45, 7) is 3.97. The van der Waals surface area contributed by atoms with E-state index in [0.717, 1.165) is 4.88 Å². The van der Waals surface area contributed by atoms with Crippen LogP contribution in [0.3, 0.4) is 0 Å². The number of aromatic hydroxyl groups is 1.